The molecule has 1 heterocycles. The van der Waals surface area contributed by atoms with E-state index < -0.39 is 16.0 Å². The van der Waals surface area contributed by atoms with Crippen LogP contribution in [-0.2, 0) is 21.2 Å². The van der Waals surface area contributed by atoms with Crippen LogP contribution in [0.3, 0.4) is 0 Å². The Kier molecular flexibility index (Phi) is 6.33. The Morgan fingerprint density at radius 2 is 1.69 bits per heavy atom. The molecule has 2 atom stereocenters. The molecule has 0 amide bonds. The summed E-state index contributed by atoms with van der Waals surface area (Å²) in [7, 11) is -3.66. The Morgan fingerprint density at radius 3 is 2.24 bits per heavy atom. The molecule has 0 spiro atoms. The summed E-state index contributed by atoms with van der Waals surface area (Å²) in [5.74, 6) is -0.236. The van der Waals surface area contributed by atoms with Crippen molar-refractivity contribution in [2.24, 2.45) is 0 Å². The maximum atomic E-state index is 12.9. The summed E-state index contributed by atoms with van der Waals surface area (Å²) in [6, 6.07) is 14.4. The fraction of sp³-hybridized carbons (Fsp3) is 0.333. The zero-order valence-electron chi connectivity index (χ0n) is 16.2. The lowest BCUT2D eigenvalue weighted by molar-refractivity contribution is -0.0440. The van der Waals surface area contributed by atoms with Gasteiger partial charge in [-0.15, -0.1) is 0 Å². The minimum atomic E-state index is -3.66. The summed E-state index contributed by atoms with van der Waals surface area (Å²) >= 11 is 0. The van der Waals surface area contributed by atoms with Gasteiger partial charge in [0.1, 0.15) is 5.75 Å². The lowest BCUT2D eigenvalue weighted by Crippen LogP contribution is -2.48. The van der Waals surface area contributed by atoms with Crippen molar-refractivity contribution in [3.63, 3.8) is 0 Å². The molecule has 0 N–H and O–H groups in total. The molecule has 0 aliphatic carbocycles. The summed E-state index contributed by atoms with van der Waals surface area (Å²) in [5.41, 5.74) is 1.07. The van der Waals surface area contributed by atoms with Gasteiger partial charge in [0.2, 0.25) is 10.0 Å². The van der Waals surface area contributed by atoms with Gasteiger partial charge in [-0.25, -0.2) is 13.2 Å². The van der Waals surface area contributed by atoms with Gasteiger partial charge in [-0.05, 0) is 55.8 Å². The predicted molar refractivity (Wildman–Crippen MR) is 106 cm³/mol. The van der Waals surface area contributed by atoms with E-state index in [0.717, 1.165) is 5.56 Å². The lowest BCUT2D eigenvalue weighted by Gasteiger charge is -2.34. The van der Waals surface area contributed by atoms with Gasteiger partial charge >= 0.3 is 5.97 Å². The average molecular weight is 414 g/mol. The Morgan fingerprint density at radius 1 is 1.10 bits per heavy atom. The highest BCUT2D eigenvalue weighted by Crippen LogP contribution is 2.22. The molecule has 0 aromatic heterocycles. The van der Waals surface area contributed by atoms with E-state index in [1.54, 1.807) is 24.3 Å². The first-order valence-corrected chi connectivity index (χ1v) is 10.7. The van der Waals surface area contributed by atoms with E-state index in [0.29, 0.717) is 5.75 Å². The second-order valence-electron chi connectivity index (χ2n) is 6.97. The lowest BCUT2D eigenvalue weighted by atomic mass is 10.1. The molecule has 0 unspecified atom stereocenters. The van der Waals surface area contributed by atoms with Crippen molar-refractivity contribution in [3.05, 3.63) is 59.7 Å². The summed E-state index contributed by atoms with van der Waals surface area (Å²) in [5, 5.41) is 8.68. The molecule has 8 heteroatoms. The Bertz CT molecular complexity index is 1000. The molecule has 1 aliphatic rings. The minimum absolute atomic E-state index is 0.121. The van der Waals surface area contributed by atoms with E-state index in [4.69, 9.17) is 14.7 Å². The number of rotatable bonds is 5. The van der Waals surface area contributed by atoms with Gasteiger partial charge in [-0.1, -0.05) is 12.1 Å². The van der Waals surface area contributed by atoms with Crippen molar-refractivity contribution in [1.29, 1.82) is 5.26 Å². The summed E-state index contributed by atoms with van der Waals surface area (Å²) in [6.45, 7) is 4.25. The van der Waals surface area contributed by atoms with Gasteiger partial charge in [0.15, 0.2) is 0 Å². The Labute approximate surface area is 170 Å². The van der Waals surface area contributed by atoms with Crippen LogP contribution >= 0.6 is 0 Å². The van der Waals surface area contributed by atoms with Crippen molar-refractivity contribution >= 4 is 16.0 Å². The minimum Gasteiger partial charge on any atom is -0.423 e. The molecule has 2 aromatic carbocycles. The highest BCUT2D eigenvalue weighted by Gasteiger charge is 2.32. The van der Waals surface area contributed by atoms with Crippen LogP contribution in [0, 0.1) is 11.3 Å². The molecule has 2 aromatic rings. The van der Waals surface area contributed by atoms with Gasteiger partial charge in [-0.3, -0.25) is 0 Å². The third-order valence-corrected chi connectivity index (χ3v) is 6.38. The second kappa shape index (κ2) is 8.74. The number of nitrogens with zero attached hydrogens (tertiary/aromatic N) is 2. The number of hydrogen-bond acceptors (Lipinski definition) is 6. The molecule has 0 radical (unpaired) electrons. The molecule has 29 heavy (non-hydrogen) atoms. The molecule has 0 bridgehead atoms. The molecular weight excluding hydrogens is 392 g/mol. The van der Waals surface area contributed by atoms with Crippen molar-refractivity contribution in [2.75, 3.05) is 13.1 Å². The third-order valence-electron chi connectivity index (χ3n) is 4.53. The first kappa shape index (κ1) is 21.0. The third kappa shape index (κ3) is 5.01. The van der Waals surface area contributed by atoms with Crippen LogP contribution in [0.25, 0.3) is 0 Å². The standard InChI is InChI=1S/C21H22N2O5S/c1-15-13-23(14-16(2)27-15)29(25,26)20-9-5-18(6-10-20)21(24)28-19-7-3-17(4-8-19)11-12-22/h3-10,15-16H,11,13-14H2,1-2H3/t15-,16-/m0/s1. The fourth-order valence-electron chi connectivity index (χ4n) is 3.17. The monoisotopic (exact) mass is 414 g/mol. The number of nitriles is 1. The number of hydrogen-bond donors (Lipinski definition) is 0. The van der Waals surface area contributed by atoms with Crippen molar-refractivity contribution in [1.82, 2.24) is 4.31 Å². The second-order valence-corrected chi connectivity index (χ2v) is 8.91. The molecule has 3 rings (SSSR count). The van der Waals surface area contributed by atoms with Gasteiger partial charge < -0.3 is 9.47 Å². The summed E-state index contributed by atoms with van der Waals surface area (Å²) in [6.07, 6.45) is -0.0742. The average Bonchev–Trinajstić information content (AvgIpc) is 2.69. The number of morpholine rings is 1. The fourth-order valence-corrected chi connectivity index (χ4v) is 4.76. The normalized spacial score (nSPS) is 20.0. The number of benzene rings is 2. The van der Waals surface area contributed by atoms with Gasteiger partial charge in [0, 0.05) is 13.1 Å². The van der Waals surface area contributed by atoms with Gasteiger partial charge in [0.25, 0.3) is 0 Å². The molecule has 1 fully saturated rings. The number of carbonyl (C=O) groups excluding carboxylic acids is 1. The first-order chi connectivity index (χ1) is 13.8. The molecular formula is C21H22N2O5S. The first-order valence-electron chi connectivity index (χ1n) is 9.23. The Balaban J connectivity index is 1.70. The van der Waals surface area contributed by atoms with Crippen LogP contribution < -0.4 is 4.74 Å². The van der Waals surface area contributed by atoms with E-state index in [9.17, 15) is 13.2 Å². The number of sulfonamides is 1. The maximum Gasteiger partial charge on any atom is 0.343 e. The van der Waals surface area contributed by atoms with E-state index in [1.807, 2.05) is 19.9 Å². The van der Waals surface area contributed by atoms with Gasteiger partial charge in [0.05, 0.1) is 35.2 Å². The van der Waals surface area contributed by atoms with E-state index >= 15 is 0 Å². The van der Waals surface area contributed by atoms with Gasteiger partial charge in [-0.2, -0.15) is 9.57 Å². The van der Waals surface area contributed by atoms with Crippen molar-refractivity contribution in [3.8, 4) is 11.8 Å². The van der Waals surface area contributed by atoms with Crippen LogP contribution in [0.15, 0.2) is 53.4 Å². The Hall–Kier alpha value is -2.73. The maximum absolute atomic E-state index is 12.9. The molecule has 0 saturated carbocycles. The van der Waals surface area contributed by atoms with Crippen LogP contribution in [-0.4, -0.2) is 44.0 Å². The quantitative estimate of drug-likeness (QED) is 0.551. The summed E-state index contributed by atoms with van der Waals surface area (Å²) in [4.78, 5) is 12.4. The smallest absolute Gasteiger partial charge is 0.343 e. The highest BCUT2D eigenvalue weighted by molar-refractivity contribution is 7.89. The van der Waals surface area contributed by atoms with Crippen LogP contribution in [0.5, 0.6) is 5.75 Å². The topological polar surface area (TPSA) is 96.7 Å². The SMILES string of the molecule is C[C@H]1CN(S(=O)(=O)c2ccc(C(=O)Oc3ccc(CC#N)cc3)cc2)C[C@H](C)O1. The van der Waals surface area contributed by atoms with Crippen LogP contribution in [0.2, 0.25) is 0 Å². The molecule has 1 saturated heterocycles. The number of carbonyl (C=O) groups is 1. The zero-order valence-corrected chi connectivity index (χ0v) is 17.1. The largest absolute Gasteiger partial charge is 0.423 e. The predicted octanol–water partition coefficient (Wildman–Crippen LogP) is 2.77. The van der Waals surface area contributed by atoms with Crippen molar-refractivity contribution < 1.29 is 22.7 Å². The van der Waals surface area contributed by atoms with E-state index in [2.05, 4.69) is 0 Å². The van der Waals surface area contributed by atoms with Crippen molar-refractivity contribution in [2.45, 2.75) is 37.4 Å². The molecule has 7 nitrogen and oxygen atoms in total. The number of esters is 1. The van der Waals surface area contributed by atoms with E-state index in [-0.39, 0.29) is 42.2 Å². The van der Waals surface area contributed by atoms with Crippen LogP contribution in [0.1, 0.15) is 29.8 Å². The van der Waals surface area contributed by atoms with Crippen LogP contribution in [0.4, 0.5) is 0 Å². The molecule has 152 valence electrons. The molecule has 1 aliphatic heterocycles. The van der Waals surface area contributed by atoms with E-state index in [1.165, 1.54) is 28.6 Å². The summed E-state index contributed by atoms with van der Waals surface area (Å²) < 4.78 is 38.0. The number of ether oxygens (including phenoxy) is 2. The zero-order chi connectivity index (χ0) is 21.0. The highest BCUT2D eigenvalue weighted by atomic mass is 32.2.